The van der Waals surface area contributed by atoms with Crippen LogP contribution in [0.4, 0.5) is 8.78 Å². The molecule has 1 fully saturated rings. The Kier molecular flexibility index (Phi) is 7.16. The van der Waals surface area contributed by atoms with Crippen molar-refractivity contribution < 1.29 is 36.2 Å². The standard InChI is InChI=1S/C23H27F2NO6S/c1-30-19-11-15(12-20(31-2)21(19)32-3)22(27)26-9-7-23(14-26,8-10-33(4,28)29)16-5-6-17(24)18(25)13-16/h5-6,11-13H,7-10,14H2,1-4H3. The van der Waals surface area contributed by atoms with E-state index in [4.69, 9.17) is 14.2 Å². The maximum atomic E-state index is 14.0. The minimum absolute atomic E-state index is 0.141. The summed E-state index contributed by atoms with van der Waals surface area (Å²) in [5.74, 6) is -1.47. The predicted octanol–water partition coefficient (Wildman–Crippen LogP) is 3.21. The quantitative estimate of drug-likeness (QED) is 0.574. The molecular weight excluding hydrogens is 456 g/mol. The number of benzene rings is 2. The van der Waals surface area contributed by atoms with Gasteiger partial charge in [0.1, 0.15) is 9.84 Å². The van der Waals surface area contributed by atoms with Crippen LogP contribution in [0.25, 0.3) is 0 Å². The van der Waals surface area contributed by atoms with Gasteiger partial charge in [-0.15, -0.1) is 0 Å². The Bertz CT molecular complexity index is 1130. The van der Waals surface area contributed by atoms with E-state index in [2.05, 4.69) is 0 Å². The highest BCUT2D eigenvalue weighted by molar-refractivity contribution is 7.90. The van der Waals surface area contributed by atoms with Crippen LogP contribution in [0.1, 0.15) is 28.8 Å². The first-order chi connectivity index (χ1) is 15.5. The zero-order valence-corrected chi connectivity index (χ0v) is 19.8. The molecule has 1 aliphatic heterocycles. The molecule has 2 aromatic rings. The molecule has 0 aliphatic carbocycles. The van der Waals surface area contributed by atoms with Crippen molar-refractivity contribution in [2.24, 2.45) is 0 Å². The van der Waals surface area contributed by atoms with E-state index >= 15 is 0 Å². The normalized spacial score (nSPS) is 18.3. The van der Waals surface area contributed by atoms with Gasteiger partial charge in [0.25, 0.3) is 5.91 Å². The van der Waals surface area contributed by atoms with Crippen molar-refractivity contribution in [3.8, 4) is 17.2 Å². The van der Waals surface area contributed by atoms with Crippen LogP contribution in [-0.2, 0) is 15.3 Å². The highest BCUT2D eigenvalue weighted by atomic mass is 32.2. The highest BCUT2D eigenvalue weighted by Crippen LogP contribution is 2.41. The molecule has 3 rings (SSSR count). The molecule has 2 aromatic carbocycles. The summed E-state index contributed by atoms with van der Waals surface area (Å²) in [7, 11) is 1.04. The van der Waals surface area contributed by atoms with Crippen molar-refractivity contribution in [2.45, 2.75) is 18.3 Å². The average molecular weight is 484 g/mol. The van der Waals surface area contributed by atoms with Crippen LogP contribution in [0.2, 0.25) is 0 Å². The number of carbonyl (C=O) groups is 1. The molecule has 1 unspecified atom stereocenters. The summed E-state index contributed by atoms with van der Waals surface area (Å²) in [5.41, 5.74) is -0.0626. The fourth-order valence-corrected chi connectivity index (χ4v) is 4.99. The number of amides is 1. The highest BCUT2D eigenvalue weighted by Gasteiger charge is 2.42. The minimum Gasteiger partial charge on any atom is -0.493 e. The summed E-state index contributed by atoms with van der Waals surface area (Å²) in [4.78, 5) is 14.9. The van der Waals surface area contributed by atoms with Crippen LogP contribution >= 0.6 is 0 Å². The molecule has 0 bridgehead atoms. The zero-order chi connectivity index (χ0) is 24.4. The van der Waals surface area contributed by atoms with Gasteiger partial charge >= 0.3 is 0 Å². The van der Waals surface area contributed by atoms with E-state index in [1.54, 1.807) is 4.90 Å². The maximum absolute atomic E-state index is 14.0. The van der Waals surface area contributed by atoms with E-state index < -0.39 is 26.9 Å². The van der Waals surface area contributed by atoms with Gasteiger partial charge in [0.05, 0.1) is 27.1 Å². The van der Waals surface area contributed by atoms with E-state index in [1.165, 1.54) is 39.5 Å². The van der Waals surface area contributed by atoms with Gasteiger partial charge in [-0.1, -0.05) is 6.07 Å². The molecule has 1 amide bonds. The Balaban J connectivity index is 1.96. The van der Waals surface area contributed by atoms with Gasteiger partial charge in [0.15, 0.2) is 23.1 Å². The SMILES string of the molecule is COc1cc(C(=O)N2CCC(CCS(C)(=O)=O)(c3ccc(F)c(F)c3)C2)cc(OC)c1OC. The molecule has 1 heterocycles. The maximum Gasteiger partial charge on any atom is 0.254 e. The van der Waals surface area contributed by atoms with Crippen LogP contribution < -0.4 is 14.2 Å². The van der Waals surface area contributed by atoms with Gasteiger partial charge in [0, 0.05) is 30.3 Å². The van der Waals surface area contributed by atoms with Crippen LogP contribution in [-0.4, -0.2) is 65.7 Å². The summed E-state index contributed by atoms with van der Waals surface area (Å²) in [6, 6.07) is 6.64. The second-order valence-electron chi connectivity index (χ2n) is 8.18. The van der Waals surface area contributed by atoms with Crippen LogP contribution in [0.3, 0.4) is 0 Å². The summed E-state index contributed by atoms with van der Waals surface area (Å²) < 4.78 is 67.2. The Morgan fingerprint density at radius 3 is 2.18 bits per heavy atom. The van der Waals surface area contributed by atoms with Gasteiger partial charge in [-0.25, -0.2) is 17.2 Å². The number of halogens is 2. The number of hydrogen-bond acceptors (Lipinski definition) is 6. The zero-order valence-electron chi connectivity index (χ0n) is 19.0. The molecule has 180 valence electrons. The second-order valence-corrected chi connectivity index (χ2v) is 10.4. The van der Waals surface area contributed by atoms with E-state index in [0.717, 1.165) is 18.4 Å². The van der Waals surface area contributed by atoms with Gasteiger partial charge in [-0.3, -0.25) is 4.79 Å². The van der Waals surface area contributed by atoms with Crippen LogP contribution in [0.15, 0.2) is 30.3 Å². The first-order valence-corrected chi connectivity index (χ1v) is 12.3. The average Bonchev–Trinajstić information content (AvgIpc) is 3.23. The molecule has 0 saturated carbocycles. The topological polar surface area (TPSA) is 82.1 Å². The van der Waals surface area contributed by atoms with E-state index in [-0.39, 0.29) is 24.6 Å². The van der Waals surface area contributed by atoms with Crippen LogP contribution in [0, 0.1) is 11.6 Å². The lowest BCUT2D eigenvalue weighted by molar-refractivity contribution is 0.0782. The Hall–Kier alpha value is -2.88. The molecule has 0 N–H and O–H groups in total. The van der Waals surface area contributed by atoms with E-state index in [0.29, 0.717) is 41.3 Å². The third-order valence-corrected chi connectivity index (χ3v) is 6.98. The molecular formula is C23H27F2NO6S. The van der Waals surface area contributed by atoms with Gasteiger partial charge in [0.2, 0.25) is 5.75 Å². The largest absolute Gasteiger partial charge is 0.493 e. The Labute approximate surface area is 192 Å². The molecule has 0 aromatic heterocycles. The number of hydrogen-bond donors (Lipinski definition) is 0. The second kappa shape index (κ2) is 9.54. The van der Waals surface area contributed by atoms with Crippen molar-refractivity contribution in [2.75, 3.05) is 46.4 Å². The Morgan fingerprint density at radius 1 is 1.03 bits per heavy atom. The first-order valence-electron chi connectivity index (χ1n) is 10.3. The van der Waals surface area contributed by atoms with Crippen LogP contribution in [0.5, 0.6) is 17.2 Å². The van der Waals surface area contributed by atoms with Crippen molar-refractivity contribution in [1.29, 1.82) is 0 Å². The van der Waals surface area contributed by atoms with Crippen molar-refractivity contribution in [3.63, 3.8) is 0 Å². The number of methoxy groups -OCH3 is 3. The number of ether oxygens (including phenoxy) is 3. The van der Waals surface area contributed by atoms with Gasteiger partial charge in [-0.05, 0) is 42.7 Å². The summed E-state index contributed by atoms with van der Waals surface area (Å²) in [6.07, 6.45) is 1.71. The van der Waals surface area contributed by atoms with Crippen molar-refractivity contribution in [1.82, 2.24) is 4.90 Å². The van der Waals surface area contributed by atoms with Crippen molar-refractivity contribution in [3.05, 3.63) is 53.1 Å². The lowest BCUT2D eigenvalue weighted by Gasteiger charge is -2.30. The molecule has 0 spiro atoms. The molecule has 0 radical (unpaired) electrons. The fourth-order valence-electron chi connectivity index (χ4n) is 4.22. The summed E-state index contributed by atoms with van der Waals surface area (Å²) >= 11 is 0. The number of likely N-dealkylation sites (tertiary alicyclic amines) is 1. The first kappa shape index (κ1) is 24.8. The van der Waals surface area contributed by atoms with Gasteiger partial charge < -0.3 is 19.1 Å². The number of rotatable bonds is 8. The molecule has 1 saturated heterocycles. The number of carbonyl (C=O) groups excluding carboxylic acids is 1. The summed E-state index contributed by atoms with van der Waals surface area (Å²) in [5, 5.41) is 0. The predicted molar refractivity (Wildman–Crippen MR) is 119 cm³/mol. The third-order valence-electron chi connectivity index (χ3n) is 6.04. The fraction of sp³-hybridized carbons (Fsp3) is 0.435. The minimum atomic E-state index is -3.31. The smallest absolute Gasteiger partial charge is 0.254 e. The molecule has 1 aliphatic rings. The monoisotopic (exact) mass is 483 g/mol. The van der Waals surface area contributed by atoms with Gasteiger partial charge in [-0.2, -0.15) is 0 Å². The van der Waals surface area contributed by atoms with E-state index in [9.17, 15) is 22.0 Å². The van der Waals surface area contributed by atoms with E-state index in [1.807, 2.05) is 0 Å². The number of sulfone groups is 1. The lowest BCUT2D eigenvalue weighted by atomic mass is 9.77. The summed E-state index contributed by atoms with van der Waals surface area (Å²) in [6.45, 7) is 0.474. The number of nitrogens with zero attached hydrogens (tertiary/aromatic N) is 1. The molecule has 1 atom stereocenters. The molecule has 10 heteroatoms. The molecule has 33 heavy (non-hydrogen) atoms. The lowest BCUT2D eigenvalue weighted by Crippen LogP contribution is -2.36. The van der Waals surface area contributed by atoms with Crippen molar-refractivity contribution >= 4 is 15.7 Å². The third kappa shape index (κ3) is 5.21. The molecule has 7 nitrogen and oxygen atoms in total. The Morgan fingerprint density at radius 2 is 1.67 bits per heavy atom.